The monoisotopic (exact) mass is 322 g/mol. The molecule has 5 nitrogen and oxygen atoms in total. The smallest absolute Gasteiger partial charge is 0.168 e. The molecule has 2 fully saturated rings. The summed E-state index contributed by atoms with van der Waals surface area (Å²) in [4.78, 5) is 0. The van der Waals surface area contributed by atoms with E-state index in [0.717, 1.165) is 56.0 Å². The minimum Gasteiger partial charge on any atom is -0.493 e. The lowest BCUT2D eigenvalue weighted by Gasteiger charge is -2.35. The van der Waals surface area contributed by atoms with Crippen LogP contribution in [-0.4, -0.2) is 44.4 Å². The van der Waals surface area contributed by atoms with E-state index in [0.29, 0.717) is 18.9 Å². The molecule has 1 heterocycles. The van der Waals surface area contributed by atoms with Gasteiger partial charge in [0.05, 0.1) is 26.9 Å². The van der Waals surface area contributed by atoms with E-state index in [1.54, 1.807) is 7.11 Å². The van der Waals surface area contributed by atoms with Crippen molar-refractivity contribution in [2.24, 2.45) is 5.92 Å². The Morgan fingerprint density at radius 1 is 1.17 bits per heavy atom. The Hall–Kier alpha value is -1.30. The van der Waals surface area contributed by atoms with Crippen molar-refractivity contribution in [3.05, 3.63) is 23.8 Å². The fourth-order valence-corrected chi connectivity index (χ4v) is 3.40. The molecule has 0 bridgehead atoms. The molecule has 1 saturated carbocycles. The lowest BCUT2D eigenvalue weighted by molar-refractivity contribution is -0.183. The van der Waals surface area contributed by atoms with Crippen LogP contribution in [-0.2, 0) is 15.9 Å². The Labute approximate surface area is 137 Å². The number of benzene rings is 1. The Balaban J connectivity index is 1.54. The summed E-state index contributed by atoms with van der Waals surface area (Å²) >= 11 is 0. The minimum absolute atomic E-state index is 0.135. The van der Waals surface area contributed by atoms with Crippen LogP contribution in [0.3, 0.4) is 0 Å². The standard InChI is InChI=1S/C18H26O5/c1-20-16-3-2-14(6-9-19)12-17(16)21-13-15-4-7-18(8-5-15)22-10-11-23-18/h2-3,12,15,19H,4-11,13H2,1H3. The summed E-state index contributed by atoms with van der Waals surface area (Å²) in [5, 5.41) is 9.08. The van der Waals surface area contributed by atoms with Gasteiger partial charge in [-0.1, -0.05) is 6.07 Å². The molecule has 1 aliphatic heterocycles. The summed E-state index contributed by atoms with van der Waals surface area (Å²) in [6, 6.07) is 5.82. The van der Waals surface area contributed by atoms with E-state index in [1.807, 2.05) is 18.2 Å². The normalized spacial score (nSPS) is 20.8. The van der Waals surface area contributed by atoms with Crippen molar-refractivity contribution in [3.8, 4) is 11.5 Å². The fourth-order valence-electron chi connectivity index (χ4n) is 3.40. The highest BCUT2D eigenvalue weighted by Crippen LogP contribution is 2.39. The molecule has 2 aliphatic rings. The van der Waals surface area contributed by atoms with Crippen molar-refractivity contribution in [1.29, 1.82) is 0 Å². The highest BCUT2D eigenvalue weighted by molar-refractivity contribution is 5.43. The molecule has 1 spiro atoms. The predicted octanol–water partition coefficient (Wildman–Crippen LogP) is 2.54. The van der Waals surface area contributed by atoms with Gasteiger partial charge in [-0.3, -0.25) is 0 Å². The van der Waals surface area contributed by atoms with Gasteiger partial charge in [0.2, 0.25) is 0 Å². The third-order valence-corrected chi connectivity index (χ3v) is 4.78. The van der Waals surface area contributed by atoms with Crippen molar-refractivity contribution >= 4 is 0 Å². The molecule has 0 radical (unpaired) electrons. The van der Waals surface area contributed by atoms with E-state index in [2.05, 4.69) is 0 Å². The van der Waals surface area contributed by atoms with E-state index in [1.165, 1.54) is 0 Å². The number of methoxy groups -OCH3 is 1. The zero-order chi connectivity index (χ0) is 16.1. The van der Waals surface area contributed by atoms with Gasteiger partial charge in [-0.15, -0.1) is 0 Å². The third kappa shape index (κ3) is 3.97. The van der Waals surface area contributed by atoms with Gasteiger partial charge in [0.15, 0.2) is 17.3 Å². The van der Waals surface area contributed by atoms with Gasteiger partial charge in [0, 0.05) is 19.4 Å². The topological polar surface area (TPSA) is 57.2 Å². The van der Waals surface area contributed by atoms with Crippen LogP contribution in [0.2, 0.25) is 0 Å². The van der Waals surface area contributed by atoms with Crippen molar-refractivity contribution in [1.82, 2.24) is 0 Å². The highest BCUT2D eigenvalue weighted by Gasteiger charge is 2.40. The van der Waals surface area contributed by atoms with Gasteiger partial charge in [-0.05, 0) is 42.9 Å². The number of aliphatic hydroxyl groups is 1. The van der Waals surface area contributed by atoms with Gasteiger partial charge in [-0.25, -0.2) is 0 Å². The van der Waals surface area contributed by atoms with Crippen LogP contribution in [0.25, 0.3) is 0 Å². The van der Waals surface area contributed by atoms with E-state index in [4.69, 9.17) is 24.1 Å². The number of aliphatic hydroxyl groups excluding tert-OH is 1. The number of hydrogen-bond acceptors (Lipinski definition) is 5. The van der Waals surface area contributed by atoms with Crippen LogP contribution in [0, 0.1) is 5.92 Å². The maximum Gasteiger partial charge on any atom is 0.168 e. The molecule has 1 aliphatic carbocycles. The van der Waals surface area contributed by atoms with Crippen LogP contribution < -0.4 is 9.47 Å². The Morgan fingerprint density at radius 2 is 1.91 bits per heavy atom. The Morgan fingerprint density at radius 3 is 2.57 bits per heavy atom. The number of rotatable bonds is 6. The molecule has 3 rings (SSSR count). The van der Waals surface area contributed by atoms with E-state index >= 15 is 0 Å². The fraction of sp³-hybridized carbons (Fsp3) is 0.667. The molecule has 1 aromatic carbocycles. The second-order valence-electron chi connectivity index (χ2n) is 6.32. The zero-order valence-electron chi connectivity index (χ0n) is 13.8. The molecule has 5 heteroatoms. The van der Waals surface area contributed by atoms with Gasteiger partial charge >= 0.3 is 0 Å². The molecular weight excluding hydrogens is 296 g/mol. The quantitative estimate of drug-likeness (QED) is 0.872. The first kappa shape index (κ1) is 16.6. The molecule has 128 valence electrons. The first-order valence-corrected chi connectivity index (χ1v) is 8.43. The van der Waals surface area contributed by atoms with Crippen LogP contribution in [0.5, 0.6) is 11.5 Å². The first-order valence-electron chi connectivity index (χ1n) is 8.43. The van der Waals surface area contributed by atoms with Gasteiger partial charge in [0.1, 0.15) is 0 Å². The molecule has 23 heavy (non-hydrogen) atoms. The SMILES string of the molecule is COc1ccc(CCO)cc1OCC1CCC2(CC1)OCCO2. The van der Waals surface area contributed by atoms with Crippen LogP contribution in [0.15, 0.2) is 18.2 Å². The lowest BCUT2D eigenvalue weighted by atomic mass is 9.85. The van der Waals surface area contributed by atoms with E-state index < -0.39 is 0 Å². The first-order chi connectivity index (χ1) is 11.2. The summed E-state index contributed by atoms with van der Waals surface area (Å²) < 4.78 is 22.9. The molecular formula is C18H26O5. The van der Waals surface area contributed by atoms with Crippen LogP contribution in [0.4, 0.5) is 0 Å². The summed E-state index contributed by atoms with van der Waals surface area (Å²) in [6.45, 7) is 2.25. The minimum atomic E-state index is -0.310. The van der Waals surface area contributed by atoms with Crippen molar-refractivity contribution < 1.29 is 24.1 Å². The van der Waals surface area contributed by atoms with Crippen molar-refractivity contribution in [2.45, 2.75) is 37.9 Å². The summed E-state index contributed by atoms with van der Waals surface area (Å²) in [6.07, 6.45) is 4.63. The largest absolute Gasteiger partial charge is 0.493 e. The van der Waals surface area contributed by atoms with Gasteiger partial charge in [0.25, 0.3) is 0 Å². The molecule has 0 atom stereocenters. The molecule has 1 aromatic rings. The van der Waals surface area contributed by atoms with E-state index in [9.17, 15) is 0 Å². The second kappa shape index (κ2) is 7.51. The highest BCUT2D eigenvalue weighted by atomic mass is 16.7. The maximum absolute atomic E-state index is 9.08. The number of hydrogen-bond donors (Lipinski definition) is 1. The number of ether oxygens (including phenoxy) is 4. The molecule has 0 unspecified atom stereocenters. The van der Waals surface area contributed by atoms with Crippen LogP contribution in [0.1, 0.15) is 31.2 Å². The van der Waals surface area contributed by atoms with E-state index in [-0.39, 0.29) is 12.4 Å². The Bertz CT molecular complexity index is 500. The third-order valence-electron chi connectivity index (χ3n) is 4.78. The molecule has 0 amide bonds. The summed E-state index contributed by atoms with van der Waals surface area (Å²) in [7, 11) is 1.65. The maximum atomic E-state index is 9.08. The molecule has 1 N–H and O–H groups in total. The summed E-state index contributed by atoms with van der Waals surface area (Å²) in [5.74, 6) is 1.70. The average Bonchev–Trinajstić information content (AvgIpc) is 3.03. The Kier molecular flexibility index (Phi) is 5.41. The second-order valence-corrected chi connectivity index (χ2v) is 6.32. The van der Waals surface area contributed by atoms with Crippen molar-refractivity contribution in [3.63, 3.8) is 0 Å². The lowest BCUT2D eigenvalue weighted by Crippen LogP contribution is -2.36. The summed E-state index contributed by atoms with van der Waals surface area (Å²) in [5.41, 5.74) is 1.05. The molecule has 0 aromatic heterocycles. The van der Waals surface area contributed by atoms with Crippen LogP contribution >= 0.6 is 0 Å². The molecule has 1 saturated heterocycles. The van der Waals surface area contributed by atoms with Gasteiger partial charge in [-0.2, -0.15) is 0 Å². The zero-order valence-corrected chi connectivity index (χ0v) is 13.8. The average molecular weight is 322 g/mol. The van der Waals surface area contributed by atoms with Crippen molar-refractivity contribution in [2.75, 3.05) is 33.5 Å². The predicted molar refractivity (Wildman–Crippen MR) is 85.9 cm³/mol. The van der Waals surface area contributed by atoms with Gasteiger partial charge < -0.3 is 24.1 Å².